The lowest BCUT2D eigenvalue weighted by Crippen LogP contribution is -2.45. The molecule has 2 heterocycles. The van der Waals surface area contributed by atoms with Crippen molar-refractivity contribution in [3.05, 3.63) is 72.5 Å². The zero-order chi connectivity index (χ0) is 15.6. The number of carbonyl (C=O) groups excluding carboxylic acids is 1. The molecular weight excluding hydrogens is 272 g/mol. The first-order valence-corrected chi connectivity index (χ1v) is 7.77. The van der Waals surface area contributed by atoms with Crippen LogP contribution >= 0.6 is 0 Å². The van der Waals surface area contributed by atoms with Crippen molar-refractivity contribution in [3.63, 3.8) is 0 Å². The Kier molecular flexibility index (Phi) is 3.99. The predicted molar refractivity (Wildman–Crippen MR) is 88.9 cm³/mol. The van der Waals surface area contributed by atoms with E-state index in [1.807, 2.05) is 12.1 Å². The molecule has 2 aliphatic heterocycles. The predicted octanol–water partition coefficient (Wildman–Crippen LogP) is 3.02. The quantitative estimate of drug-likeness (QED) is 0.926. The third-order valence-electron chi connectivity index (χ3n) is 4.86. The minimum absolute atomic E-state index is 0.108. The van der Waals surface area contributed by atoms with Crippen molar-refractivity contribution in [1.82, 2.24) is 10.2 Å². The molecule has 114 valence electrons. The second kappa shape index (κ2) is 5.93. The van der Waals surface area contributed by atoms with E-state index in [0.29, 0.717) is 0 Å². The Hall–Kier alpha value is -2.13. The molecule has 1 aromatic carbocycles. The van der Waals surface area contributed by atoms with Crippen LogP contribution in [0.25, 0.3) is 0 Å². The van der Waals surface area contributed by atoms with Gasteiger partial charge in [-0.1, -0.05) is 49.6 Å². The normalized spacial score (nSPS) is 21.0. The number of hydrogen-bond acceptors (Lipinski definition) is 2. The Labute approximate surface area is 132 Å². The molecule has 0 saturated carbocycles. The highest BCUT2D eigenvalue weighted by molar-refractivity contribution is 5.92. The molecule has 1 N–H and O–H groups in total. The van der Waals surface area contributed by atoms with E-state index in [2.05, 4.69) is 47.6 Å². The van der Waals surface area contributed by atoms with Crippen LogP contribution in [0.3, 0.4) is 0 Å². The number of nitrogens with zero attached hydrogens (tertiary/aromatic N) is 1. The number of carbonyl (C=O) groups is 1. The summed E-state index contributed by atoms with van der Waals surface area (Å²) >= 11 is 0. The van der Waals surface area contributed by atoms with Crippen LogP contribution in [0, 0.1) is 5.41 Å². The van der Waals surface area contributed by atoms with Gasteiger partial charge in [-0.15, -0.1) is 0 Å². The fourth-order valence-corrected chi connectivity index (χ4v) is 3.59. The molecule has 22 heavy (non-hydrogen) atoms. The summed E-state index contributed by atoms with van der Waals surface area (Å²) in [5.41, 5.74) is 2.77. The molecule has 3 heteroatoms. The molecule has 0 aliphatic carbocycles. The second-order valence-corrected chi connectivity index (χ2v) is 6.03. The lowest BCUT2D eigenvalue weighted by Gasteiger charge is -2.38. The SMILES string of the molecule is C=CC1=C(C=C)C2(CCN(Cc3ccccc3)CC2)C(=O)N1. The number of amides is 1. The van der Waals surface area contributed by atoms with Crippen molar-refractivity contribution in [1.29, 1.82) is 0 Å². The van der Waals surface area contributed by atoms with Gasteiger partial charge < -0.3 is 5.32 Å². The number of piperidine rings is 1. The van der Waals surface area contributed by atoms with Crippen LogP contribution < -0.4 is 5.32 Å². The fraction of sp³-hybridized carbons (Fsp3) is 0.316. The maximum absolute atomic E-state index is 12.5. The maximum atomic E-state index is 12.5. The minimum atomic E-state index is -0.404. The molecule has 3 rings (SSSR count). The van der Waals surface area contributed by atoms with E-state index in [0.717, 1.165) is 43.7 Å². The Morgan fingerprint density at radius 3 is 2.41 bits per heavy atom. The van der Waals surface area contributed by atoms with Gasteiger partial charge >= 0.3 is 0 Å². The molecule has 0 bridgehead atoms. The summed E-state index contributed by atoms with van der Waals surface area (Å²) in [6.45, 7) is 10.5. The highest BCUT2D eigenvalue weighted by Gasteiger charge is 2.48. The molecule has 3 nitrogen and oxygen atoms in total. The van der Waals surface area contributed by atoms with Crippen LogP contribution in [0.15, 0.2) is 66.9 Å². The first kappa shape index (κ1) is 14.8. The van der Waals surface area contributed by atoms with Crippen molar-refractivity contribution in [2.24, 2.45) is 5.41 Å². The fourth-order valence-electron chi connectivity index (χ4n) is 3.59. The van der Waals surface area contributed by atoms with E-state index in [9.17, 15) is 4.79 Å². The zero-order valence-corrected chi connectivity index (χ0v) is 12.8. The maximum Gasteiger partial charge on any atom is 0.235 e. The molecule has 1 fully saturated rings. The van der Waals surface area contributed by atoms with Crippen LogP contribution in [0.1, 0.15) is 18.4 Å². The zero-order valence-electron chi connectivity index (χ0n) is 12.8. The molecule has 1 spiro atoms. The van der Waals surface area contributed by atoms with E-state index in [1.165, 1.54) is 5.56 Å². The van der Waals surface area contributed by atoms with Crippen molar-refractivity contribution < 1.29 is 4.79 Å². The van der Waals surface area contributed by atoms with Crippen LogP contribution in [-0.4, -0.2) is 23.9 Å². The number of likely N-dealkylation sites (tertiary alicyclic amines) is 1. The number of hydrogen-bond donors (Lipinski definition) is 1. The van der Waals surface area contributed by atoms with Crippen LogP contribution in [-0.2, 0) is 11.3 Å². The second-order valence-electron chi connectivity index (χ2n) is 6.03. The molecule has 0 radical (unpaired) electrons. The Morgan fingerprint density at radius 1 is 1.14 bits per heavy atom. The third kappa shape index (κ3) is 2.42. The summed E-state index contributed by atoms with van der Waals surface area (Å²) in [7, 11) is 0. The Bertz CT molecular complexity index is 622. The van der Waals surface area contributed by atoms with E-state index in [1.54, 1.807) is 6.08 Å². The summed E-state index contributed by atoms with van der Waals surface area (Å²) in [4.78, 5) is 14.9. The van der Waals surface area contributed by atoms with Crippen molar-refractivity contribution in [2.45, 2.75) is 19.4 Å². The van der Waals surface area contributed by atoms with Gasteiger partial charge in [-0.25, -0.2) is 0 Å². The van der Waals surface area contributed by atoms with Crippen LogP contribution in [0.4, 0.5) is 0 Å². The monoisotopic (exact) mass is 294 g/mol. The van der Waals surface area contributed by atoms with Gasteiger partial charge in [-0.2, -0.15) is 0 Å². The van der Waals surface area contributed by atoms with E-state index < -0.39 is 5.41 Å². The van der Waals surface area contributed by atoms with Gasteiger partial charge in [0.05, 0.1) is 5.41 Å². The first-order valence-electron chi connectivity index (χ1n) is 7.77. The summed E-state index contributed by atoms with van der Waals surface area (Å²) in [6, 6.07) is 10.5. The van der Waals surface area contributed by atoms with Crippen molar-refractivity contribution >= 4 is 5.91 Å². The van der Waals surface area contributed by atoms with Gasteiger partial charge in [0.25, 0.3) is 0 Å². The summed E-state index contributed by atoms with van der Waals surface area (Å²) in [5, 5.41) is 2.96. The van der Waals surface area contributed by atoms with Gasteiger partial charge in [0.2, 0.25) is 5.91 Å². The number of benzene rings is 1. The Balaban J connectivity index is 1.73. The molecule has 1 aromatic rings. The van der Waals surface area contributed by atoms with Gasteiger partial charge in [0.15, 0.2) is 0 Å². The molecule has 1 amide bonds. The molecule has 0 aromatic heterocycles. The van der Waals surface area contributed by atoms with Crippen LogP contribution in [0.2, 0.25) is 0 Å². The molecule has 2 aliphatic rings. The third-order valence-corrected chi connectivity index (χ3v) is 4.86. The summed E-state index contributed by atoms with van der Waals surface area (Å²) in [5.74, 6) is 0.108. The van der Waals surface area contributed by atoms with Gasteiger partial charge in [-0.3, -0.25) is 9.69 Å². The lowest BCUT2D eigenvalue weighted by molar-refractivity contribution is -0.129. The molecule has 1 saturated heterocycles. The number of nitrogens with one attached hydrogen (secondary N) is 1. The highest BCUT2D eigenvalue weighted by Crippen LogP contribution is 2.44. The van der Waals surface area contributed by atoms with Gasteiger partial charge in [0, 0.05) is 12.2 Å². The average Bonchev–Trinajstić information content (AvgIpc) is 2.82. The number of allylic oxidation sites excluding steroid dienone is 2. The summed E-state index contributed by atoms with van der Waals surface area (Å²) < 4.78 is 0. The first-order chi connectivity index (χ1) is 10.7. The van der Waals surface area contributed by atoms with Gasteiger partial charge in [-0.05, 0) is 43.1 Å². The van der Waals surface area contributed by atoms with Crippen molar-refractivity contribution in [2.75, 3.05) is 13.1 Å². The number of rotatable bonds is 4. The van der Waals surface area contributed by atoms with Crippen LogP contribution in [0.5, 0.6) is 0 Å². The lowest BCUT2D eigenvalue weighted by atomic mass is 9.73. The van der Waals surface area contributed by atoms with Crippen molar-refractivity contribution in [3.8, 4) is 0 Å². The minimum Gasteiger partial charge on any atom is -0.325 e. The molecule has 0 atom stereocenters. The van der Waals surface area contributed by atoms with E-state index in [-0.39, 0.29) is 5.91 Å². The Morgan fingerprint density at radius 2 is 1.82 bits per heavy atom. The standard InChI is InChI=1S/C19H22N2O/c1-3-16-17(4-2)20-18(22)19(16)10-12-21(13-11-19)14-15-8-6-5-7-9-15/h3-9H,1-2,10-14H2,(H,20,22). The van der Waals surface area contributed by atoms with E-state index >= 15 is 0 Å². The molecule has 0 unspecified atom stereocenters. The molecular formula is C19H22N2O. The highest BCUT2D eigenvalue weighted by atomic mass is 16.2. The summed E-state index contributed by atoms with van der Waals surface area (Å²) in [6.07, 6.45) is 5.22. The van der Waals surface area contributed by atoms with E-state index in [4.69, 9.17) is 0 Å². The smallest absolute Gasteiger partial charge is 0.235 e. The largest absolute Gasteiger partial charge is 0.325 e. The average molecular weight is 294 g/mol. The van der Waals surface area contributed by atoms with Gasteiger partial charge in [0.1, 0.15) is 0 Å². The topological polar surface area (TPSA) is 32.3 Å².